The third-order valence-electron chi connectivity index (χ3n) is 6.65. The van der Waals surface area contributed by atoms with E-state index in [2.05, 4.69) is 126 Å². The van der Waals surface area contributed by atoms with Crippen LogP contribution in [0.3, 0.4) is 0 Å². The second-order valence-electron chi connectivity index (χ2n) is 9.26. The van der Waals surface area contributed by atoms with Crippen molar-refractivity contribution in [2.75, 3.05) is 0 Å². The summed E-state index contributed by atoms with van der Waals surface area (Å²) < 4.78 is 0. The Balaban J connectivity index is 0.000000540. The van der Waals surface area contributed by atoms with Gasteiger partial charge in [0.25, 0.3) is 0 Å². The summed E-state index contributed by atoms with van der Waals surface area (Å²) in [5.41, 5.74) is 0. The second kappa shape index (κ2) is 20.2. The zero-order valence-corrected chi connectivity index (χ0v) is 28.9. The van der Waals surface area contributed by atoms with E-state index in [0.717, 1.165) is 0 Å². The van der Waals surface area contributed by atoms with Crippen LogP contribution in [-0.4, -0.2) is 10.2 Å². The summed E-state index contributed by atoms with van der Waals surface area (Å²) in [6, 6.07) is 39.9. The van der Waals surface area contributed by atoms with Crippen LogP contribution in [0.5, 0.6) is 0 Å². The molecule has 0 spiro atoms. The average molecular weight is 653 g/mol. The third kappa shape index (κ3) is 10.3. The van der Waals surface area contributed by atoms with Crippen LogP contribution in [0.4, 0.5) is 0 Å². The van der Waals surface area contributed by atoms with E-state index in [1.807, 2.05) is 0 Å². The van der Waals surface area contributed by atoms with Gasteiger partial charge in [0.2, 0.25) is 0 Å². The van der Waals surface area contributed by atoms with E-state index in [1.165, 1.54) is 87.7 Å². The molecule has 0 N–H and O–H groups in total. The maximum atomic E-state index is 2.27. The Labute approximate surface area is 270 Å². The van der Waals surface area contributed by atoms with E-state index in [-0.39, 0.29) is 58.4 Å². The van der Waals surface area contributed by atoms with E-state index < -0.39 is 0 Å². The van der Waals surface area contributed by atoms with Gasteiger partial charge in [-0.05, 0) is 0 Å². The summed E-state index contributed by atoms with van der Waals surface area (Å²) in [6.07, 6.45) is 8.64. The Bertz CT molecular complexity index is 1250. The molecule has 2 radical (unpaired) electrons. The van der Waals surface area contributed by atoms with E-state index in [1.54, 1.807) is 0 Å². The first-order valence-electron chi connectivity index (χ1n) is 13.2. The third-order valence-corrected chi connectivity index (χ3v) is 7.15. The summed E-state index contributed by atoms with van der Waals surface area (Å²) in [5.74, 6) is 0. The van der Waals surface area contributed by atoms with Gasteiger partial charge in [-0.15, -0.1) is 104 Å². The van der Waals surface area contributed by atoms with E-state index >= 15 is 0 Å². The van der Waals surface area contributed by atoms with Crippen LogP contribution in [-0.2, 0) is 26.2 Å². The van der Waals surface area contributed by atoms with Crippen LogP contribution in [0.15, 0.2) is 109 Å². The van der Waals surface area contributed by atoms with Crippen LogP contribution in [0.2, 0.25) is 6.04 Å². The van der Waals surface area contributed by atoms with Crippen LogP contribution >= 0.6 is 24.8 Å². The maximum absolute atomic E-state index is 2.27. The van der Waals surface area contributed by atoms with Crippen LogP contribution in [0, 0.1) is 7.43 Å². The molecule has 0 aliphatic rings. The Hall–Kier alpha value is -1.70. The van der Waals surface area contributed by atoms with Crippen molar-refractivity contribution in [3.8, 4) is 0 Å². The quantitative estimate of drug-likeness (QED) is 0.0954. The molecule has 6 aromatic rings. The van der Waals surface area contributed by atoms with Gasteiger partial charge in [-0.3, -0.25) is 0 Å². The van der Waals surface area contributed by atoms with Gasteiger partial charge in [0.1, 0.15) is 0 Å². The van der Waals surface area contributed by atoms with Crippen molar-refractivity contribution in [2.45, 2.75) is 51.5 Å². The number of fused-ring (bicyclic) bond motifs is 6. The molecule has 0 nitrogen and oxygen atoms in total. The molecule has 0 bridgehead atoms. The summed E-state index contributed by atoms with van der Waals surface area (Å²) in [6.45, 7) is 2.27. The average Bonchev–Trinajstić information content (AvgIpc) is 3.48. The fourth-order valence-corrected chi connectivity index (χ4v) is 5.12. The predicted octanol–water partition coefficient (Wildman–Crippen LogP) is 11.1. The molecule has 4 heteroatoms. The maximum Gasteiger partial charge on any atom is 3.00 e. The number of hydrogen-bond acceptors (Lipinski definition) is 0. The van der Waals surface area contributed by atoms with E-state index in [4.69, 9.17) is 0 Å². The predicted molar refractivity (Wildman–Crippen MR) is 182 cm³/mol. The van der Waals surface area contributed by atoms with Crippen LogP contribution in [0.25, 0.3) is 43.1 Å². The molecule has 6 rings (SSSR count). The van der Waals surface area contributed by atoms with Crippen LogP contribution in [0.1, 0.15) is 45.4 Å². The van der Waals surface area contributed by atoms with Gasteiger partial charge in [-0.2, -0.15) is 0 Å². The topological polar surface area (TPSA) is 0 Å². The fourth-order valence-electron chi connectivity index (χ4n) is 4.76. The van der Waals surface area contributed by atoms with Crippen molar-refractivity contribution in [2.24, 2.45) is 0 Å². The molecular formula is C35H42Cl2SiZr. The van der Waals surface area contributed by atoms with Gasteiger partial charge in [-0.1, -0.05) is 124 Å². The molecule has 39 heavy (non-hydrogen) atoms. The molecule has 0 heterocycles. The minimum absolute atomic E-state index is 0. The molecule has 0 saturated heterocycles. The largest absolute Gasteiger partial charge is 3.00 e. The number of benzene rings is 4. The zero-order chi connectivity index (χ0) is 24.3. The van der Waals surface area contributed by atoms with Gasteiger partial charge < -0.3 is 7.43 Å². The Morgan fingerprint density at radius 2 is 0.769 bits per heavy atom. The molecule has 204 valence electrons. The van der Waals surface area contributed by atoms with E-state index in [0.29, 0.717) is 0 Å². The molecular weight excluding hydrogens is 611 g/mol. The van der Waals surface area contributed by atoms with Crippen molar-refractivity contribution in [3.05, 3.63) is 117 Å². The number of halogens is 2. The number of rotatable bonds is 6. The molecule has 0 fully saturated rings. The number of unbranched alkanes of at least 4 members (excludes halogenated alkanes) is 5. The van der Waals surface area contributed by atoms with Gasteiger partial charge in [0, 0.05) is 10.2 Å². The van der Waals surface area contributed by atoms with Crippen molar-refractivity contribution in [1.29, 1.82) is 0 Å². The summed E-state index contributed by atoms with van der Waals surface area (Å²) in [5, 5.41) is 10.8. The molecule has 0 aromatic heterocycles. The van der Waals surface area contributed by atoms with Crippen molar-refractivity contribution < 1.29 is 26.2 Å². The first-order chi connectivity index (χ1) is 17.3. The van der Waals surface area contributed by atoms with Crippen molar-refractivity contribution in [1.82, 2.24) is 0 Å². The second-order valence-corrected chi connectivity index (χ2v) is 9.97. The molecule has 0 atom stereocenters. The van der Waals surface area contributed by atoms with Gasteiger partial charge in [-0.25, -0.2) is 0 Å². The van der Waals surface area contributed by atoms with Gasteiger partial charge >= 0.3 is 26.2 Å². The monoisotopic (exact) mass is 650 g/mol. The Morgan fingerprint density at radius 3 is 1.08 bits per heavy atom. The normalized spacial score (nSPS) is 9.69. The Kier molecular flexibility index (Phi) is 19.3. The SMILES string of the molecule is CCCCCCCC[SiH2].Cl.Cl.[CH3-].[Zr+3].c1ccc2c(c1)[cH-]c1ccccc12.c1ccc2c(c1)[cH-]c1ccccc12. The first-order valence-corrected chi connectivity index (χ1v) is 14.2. The summed E-state index contributed by atoms with van der Waals surface area (Å²) >= 11 is 0. The van der Waals surface area contributed by atoms with E-state index in [9.17, 15) is 0 Å². The minimum Gasteiger partial charge on any atom is -0.358 e. The molecule has 0 unspecified atom stereocenters. The molecule has 6 aromatic carbocycles. The van der Waals surface area contributed by atoms with Gasteiger partial charge in [0.05, 0.1) is 0 Å². The smallest absolute Gasteiger partial charge is 0.358 e. The molecule has 0 aliphatic carbocycles. The molecule has 0 saturated carbocycles. The summed E-state index contributed by atoms with van der Waals surface area (Å²) in [7, 11) is 2.09. The zero-order valence-electron chi connectivity index (χ0n) is 23.4. The molecule has 0 amide bonds. The first kappa shape index (κ1) is 37.3. The Morgan fingerprint density at radius 1 is 0.487 bits per heavy atom. The number of hydrogen-bond donors (Lipinski definition) is 0. The van der Waals surface area contributed by atoms with Crippen molar-refractivity contribution in [3.63, 3.8) is 0 Å². The van der Waals surface area contributed by atoms with Crippen LogP contribution < -0.4 is 0 Å². The molecule has 0 aliphatic heterocycles. The standard InChI is InChI=1S/2C13H9.C8H19Si.CH3.2ClH.Zr/c2*1-3-7-12-10(5-1)9-11-6-2-4-8-13(11)12;1-2-3-4-5-6-7-8-9;;;;/h2*1-9H;2-9H2,1H3;1H3;2*1H;/q2*-1;;-1;;;+3. The van der Waals surface area contributed by atoms with Crippen molar-refractivity contribution >= 4 is 78.1 Å². The minimum atomic E-state index is 0. The van der Waals surface area contributed by atoms with Gasteiger partial charge in [0.15, 0.2) is 0 Å². The fraction of sp³-hybridized carbons (Fsp3) is 0.229. The summed E-state index contributed by atoms with van der Waals surface area (Å²) in [4.78, 5) is 0.